The van der Waals surface area contributed by atoms with Crippen molar-refractivity contribution in [2.45, 2.75) is 24.8 Å². The molecule has 5 N–H and O–H groups in total. The summed E-state index contributed by atoms with van der Waals surface area (Å²) in [5.41, 5.74) is 12.8. The molecule has 0 aromatic heterocycles. The molecule has 2 aromatic carbocycles. The maximum Gasteiger partial charge on any atom is 0.123 e. The van der Waals surface area contributed by atoms with E-state index in [-0.39, 0.29) is 11.9 Å². The Kier molecular flexibility index (Phi) is 3.42. The summed E-state index contributed by atoms with van der Waals surface area (Å²) in [5.74, 6) is 5.81. The zero-order valence-electron chi connectivity index (χ0n) is 11.1. The van der Waals surface area contributed by atoms with E-state index >= 15 is 0 Å². The second-order valence-electron chi connectivity index (χ2n) is 5.33. The van der Waals surface area contributed by atoms with Gasteiger partial charge in [-0.1, -0.05) is 24.3 Å². The number of hydrogen-bond donors (Lipinski definition) is 3. The monoisotopic (exact) mass is 271 g/mol. The molecule has 3 nitrogen and oxygen atoms in total. The quantitative estimate of drug-likeness (QED) is 0.455. The first-order valence-corrected chi connectivity index (χ1v) is 6.78. The van der Waals surface area contributed by atoms with Crippen molar-refractivity contribution >= 4 is 5.69 Å². The van der Waals surface area contributed by atoms with E-state index in [0.717, 1.165) is 18.4 Å². The highest BCUT2D eigenvalue weighted by atomic mass is 19.1. The standard InChI is InChI=1S/C16H18FN3/c17-12-5-6-15(18)14(9-12)16(20-19)8-11-7-10-3-1-2-4-13(10)11/h1-6,9,11,16,20H,7-8,18-19H2. The molecule has 20 heavy (non-hydrogen) atoms. The highest BCUT2D eigenvalue weighted by Crippen LogP contribution is 2.41. The summed E-state index contributed by atoms with van der Waals surface area (Å²) >= 11 is 0. The van der Waals surface area contributed by atoms with Crippen LogP contribution in [0.3, 0.4) is 0 Å². The van der Waals surface area contributed by atoms with Crippen LogP contribution in [0.5, 0.6) is 0 Å². The normalized spacial score (nSPS) is 18.2. The van der Waals surface area contributed by atoms with Crippen LogP contribution in [0.25, 0.3) is 0 Å². The van der Waals surface area contributed by atoms with E-state index in [1.54, 1.807) is 6.07 Å². The Bertz CT molecular complexity index is 627. The first kappa shape index (κ1) is 13.1. The molecule has 0 aliphatic heterocycles. The van der Waals surface area contributed by atoms with Gasteiger partial charge in [-0.3, -0.25) is 11.3 Å². The number of hydrogen-bond acceptors (Lipinski definition) is 3. The van der Waals surface area contributed by atoms with Gasteiger partial charge in [0.25, 0.3) is 0 Å². The number of nitrogen functional groups attached to an aromatic ring is 1. The summed E-state index contributed by atoms with van der Waals surface area (Å²) in [7, 11) is 0. The van der Waals surface area contributed by atoms with Crippen molar-refractivity contribution in [1.29, 1.82) is 0 Å². The van der Waals surface area contributed by atoms with Crippen LogP contribution in [0.2, 0.25) is 0 Å². The lowest BCUT2D eigenvalue weighted by Crippen LogP contribution is -2.32. The molecule has 0 spiro atoms. The van der Waals surface area contributed by atoms with Gasteiger partial charge in [0, 0.05) is 11.7 Å². The second-order valence-corrected chi connectivity index (χ2v) is 5.33. The summed E-state index contributed by atoms with van der Waals surface area (Å²) in [6.45, 7) is 0. The minimum Gasteiger partial charge on any atom is -0.398 e. The minimum absolute atomic E-state index is 0.135. The largest absolute Gasteiger partial charge is 0.398 e. The number of benzene rings is 2. The van der Waals surface area contributed by atoms with E-state index in [0.29, 0.717) is 11.6 Å². The third kappa shape index (κ3) is 2.28. The predicted octanol–water partition coefficient (Wildman–Crippen LogP) is 2.64. The van der Waals surface area contributed by atoms with Gasteiger partial charge in [0.1, 0.15) is 5.82 Å². The van der Waals surface area contributed by atoms with Gasteiger partial charge in [-0.05, 0) is 53.6 Å². The molecule has 104 valence electrons. The first-order valence-electron chi connectivity index (χ1n) is 6.78. The Morgan fingerprint density at radius 1 is 1.25 bits per heavy atom. The summed E-state index contributed by atoms with van der Waals surface area (Å²) in [5, 5.41) is 0. The number of nitrogens with two attached hydrogens (primary N) is 2. The van der Waals surface area contributed by atoms with Crippen LogP contribution in [0, 0.1) is 5.82 Å². The van der Waals surface area contributed by atoms with Crippen LogP contribution in [-0.2, 0) is 6.42 Å². The molecular formula is C16H18FN3. The zero-order valence-corrected chi connectivity index (χ0v) is 11.1. The molecule has 0 saturated carbocycles. The van der Waals surface area contributed by atoms with Crippen molar-refractivity contribution in [3.8, 4) is 0 Å². The van der Waals surface area contributed by atoms with Crippen LogP contribution < -0.4 is 17.0 Å². The highest BCUT2D eigenvalue weighted by Gasteiger charge is 2.29. The van der Waals surface area contributed by atoms with Crippen molar-refractivity contribution < 1.29 is 4.39 Å². The molecule has 0 heterocycles. The maximum absolute atomic E-state index is 13.4. The molecule has 1 aliphatic rings. The molecule has 0 saturated heterocycles. The van der Waals surface area contributed by atoms with Crippen molar-refractivity contribution in [3.63, 3.8) is 0 Å². The molecule has 1 aliphatic carbocycles. The van der Waals surface area contributed by atoms with E-state index < -0.39 is 0 Å². The van der Waals surface area contributed by atoms with Gasteiger partial charge in [0.05, 0.1) is 0 Å². The molecule has 0 amide bonds. The van der Waals surface area contributed by atoms with Gasteiger partial charge in [-0.15, -0.1) is 0 Å². The Hall–Kier alpha value is -1.91. The van der Waals surface area contributed by atoms with Crippen LogP contribution >= 0.6 is 0 Å². The number of halogens is 1. The van der Waals surface area contributed by atoms with Crippen LogP contribution in [0.15, 0.2) is 42.5 Å². The summed E-state index contributed by atoms with van der Waals surface area (Å²) in [6, 6.07) is 12.7. The van der Waals surface area contributed by atoms with Crippen LogP contribution in [0.1, 0.15) is 35.1 Å². The fraction of sp³-hybridized carbons (Fsp3) is 0.250. The van der Waals surface area contributed by atoms with Crippen molar-refractivity contribution in [2.75, 3.05) is 5.73 Å². The molecule has 0 radical (unpaired) electrons. The smallest absolute Gasteiger partial charge is 0.123 e. The minimum atomic E-state index is -0.288. The Morgan fingerprint density at radius 3 is 2.80 bits per heavy atom. The van der Waals surface area contributed by atoms with Gasteiger partial charge >= 0.3 is 0 Å². The predicted molar refractivity (Wildman–Crippen MR) is 78.4 cm³/mol. The van der Waals surface area contributed by atoms with Crippen molar-refractivity contribution in [1.82, 2.24) is 5.43 Å². The van der Waals surface area contributed by atoms with E-state index in [9.17, 15) is 4.39 Å². The van der Waals surface area contributed by atoms with Gasteiger partial charge < -0.3 is 5.73 Å². The average molecular weight is 271 g/mol. The molecular weight excluding hydrogens is 253 g/mol. The van der Waals surface area contributed by atoms with E-state index in [4.69, 9.17) is 11.6 Å². The van der Waals surface area contributed by atoms with Crippen LogP contribution in [-0.4, -0.2) is 0 Å². The lowest BCUT2D eigenvalue weighted by atomic mass is 9.74. The van der Waals surface area contributed by atoms with Gasteiger partial charge in [0.15, 0.2) is 0 Å². The molecule has 3 rings (SSSR count). The molecule has 0 bridgehead atoms. The molecule has 2 unspecified atom stereocenters. The van der Waals surface area contributed by atoms with Gasteiger partial charge in [0.2, 0.25) is 0 Å². The van der Waals surface area contributed by atoms with Gasteiger partial charge in [-0.2, -0.15) is 0 Å². The SMILES string of the molecule is NNC(CC1Cc2ccccc21)c1cc(F)ccc1N. The molecule has 4 heteroatoms. The van der Waals surface area contributed by atoms with Crippen LogP contribution in [0.4, 0.5) is 10.1 Å². The highest BCUT2D eigenvalue weighted by molar-refractivity contribution is 5.49. The molecule has 0 fully saturated rings. The summed E-state index contributed by atoms with van der Waals surface area (Å²) in [6.07, 6.45) is 1.87. The topological polar surface area (TPSA) is 64.1 Å². The number of hydrazine groups is 1. The molecule has 2 aromatic rings. The number of fused-ring (bicyclic) bond motifs is 1. The van der Waals surface area contributed by atoms with Crippen molar-refractivity contribution in [3.05, 3.63) is 65.0 Å². The van der Waals surface area contributed by atoms with Crippen molar-refractivity contribution in [2.24, 2.45) is 5.84 Å². The third-order valence-electron chi connectivity index (χ3n) is 4.11. The summed E-state index contributed by atoms with van der Waals surface area (Å²) < 4.78 is 13.4. The third-order valence-corrected chi connectivity index (χ3v) is 4.11. The van der Waals surface area contributed by atoms with E-state index in [1.807, 2.05) is 6.07 Å². The lowest BCUT2D eigenvalue weighted by molar-refractivity contribution is 0.435. The molecule has 2 atom stereocenters. The second kappa shape index (κ2) is 5.23. The fourth-order valence-corrected chi connectivity index (χ4v) is 2.99. The Labute approximate surface area is 117 Å². The lowest BCUT2D eigenvalue weighted by Gasteiger charge is -2.33. The number of rotatable bonds is 4. The zero-order chi connectivity index (χ0) is 14.1. The number of nitrogens with one attached hydrogen (secondary N) is 1. The first-order chi connectivity index (χ1) is 9.69. The Balaban J connectivity index is 1.80. The maximum atomic E-state index is 13.4. The fourth-order valence-electron chi connectivity index (χ4n) is 2.99. The van der Waals surface area contributed by atoms with E-state index in [1.165, 1.54) is 23.3 Å². The average Bonchev–Trinajstić information content (AvgIpc) is 2.43. The van der Waals surface area contributed by atoms with Gasteiger partial charge in [-0.25, -0.2) is 4.39 Å². The van der Waals surface area contributed by atoms with E-state index in [2.05, 4.69) is 23.6 Å². The number of anilines is 1. The Morgan fingerprint density at radius 2 is 2.05 bits per heavy atom. The summed E-state index contributed by atoms with van der Waals surface area (Å²) in [4.78, 5) is 0.